The van der Waals surface area contributed by atoms with Crippen molar-refractivity contribution in [2.75, 3.05) is 4.72 Å². The molecule has 0 spiro atoms. The van der Waals surface area contributed by atoms with Gasteiger partial charge in [-0.05, 0) is 58.2 Å². The van der Waals surface area contributed by atoms with Crippen LogP contribution >= 0.6 is 15.9 Å². The second-order valence-corrected chi connectivity index (χ2v) is 6.98. The Labute approximate surface area is 131 Å². The van der Waals surface area contributed by atoms with E-state index >= 15 is 0 Å². The van der Waals surface area contributed by atoms with E-state index in [1.165, 1.54) is 18.2 Å². The highest BCUT2D eigenvalue weighted by Crippen LogP contribution is 2.27. The van der Waals surface area contributed by atoms with Gasteiger partial charge < -0.3 is 5.73 Å². The molecule has 21 heavy (non-hydrogen) atoms. The first-order valence-electron chi connectivity index (χ1n) is 6.11. The van der Waals surface area contributed by atoms with Crippen molar-refractivity contribution in [1.82, 2.24) is 0 Å². The quantitative estimate of drug-likeness (QED) is 0.865. The van der Waals surface area contributed by atoms with Gasteiger partial charge in [-0.3, -0.25) is 4.72 Å². The zero-order valence-electron chi connectivity index (χ0n) is 11.2. The Morgan fingerprint density at radius 2 is 2.00 bits per heavy atom. The van der Waals surface area contributed by atoms with Gasteiger partial charge in [0.15, 0.2) is 0 Å². The number of hydrogen-bond donors (Lipinski definition) is 2. The summed E-state index contributed by atoms with van der Waals surface area (Å²) >= 11 is 3.19. The fourth-order valence-electron chi connectivity index (χ4n) is 1.95. The largest absolute Gasteiger partial charge is 0.326 e. The fraction of sp³-hybridized carbons (Fsp3) is 0.143. The Hall–Kier alpha value is -1.44. The van der Waals surface area contributed by atoms with Crippen LogP contribution in [0.5, 0.6) is 0 Å². The summed E-state index contributed by atoms with van der Waals surface area (Å²) in [7, 11) is -3.82. The molecule has 0 aliphatic rings. The van der Waals surface area contributed by atoms with Crippen LogP contribution in [0.25, 0.3) is 0 Å². The second-order valence-electron chi connectivity index (χ2n) is 4.47. The number of nitrogens with one attached hydrogen (secondary N) is 1. The van der Waals surface area contributed by atoms with Crippen molar-refractivity contribution in [3.63, 3.8) is 0 Å². The molecule has 7 heteroatoms. The molecule has 0 bridgehead atoms. The molecule has 0 atom stereocenters. The van der Waals surface area contributed by atoms with Gasteiger partial charge >= 0.3 is 0 Å². The van der Waals surface area contributed by atoms with Crippen molar-refractivity contribution < 1.29 is 12.8 Å². The predicted molar refractivity (Wildman–Crippen MR) is 84.0 cm³/mol. The molecule has 0 unspecified atom stereocenters. The van der Waals surface area contributed by atoms with Crippen LogP contribution in [0.2, 0.25) is 0 Å². The molecule has 2 rings (SSSR count). The summed E-state index contributed by atoms with van der Waals surface area (Å²) in [6.07, 6.45) is 0. The molecule has 0 fully saturated rings. The van der Waals surface area contributed by atoms with E-state index in [-0.39, 0.29) is 17.1 Å². The van der Waals surface area contributed by atoms with Crippen molar-refractivity contribution in [2.45, 2.75) is 18.4 Å². The molecule has 4 nitrogen and oxygen atoms in total. The monoisotopic (exact) mass is 372 g/mol. The molecule has 0 amide bonds. The average Bonchev–Trinajstić information content (AvgIpc) is 2.42. The molecule has 2 aromatic rings. The molecule has 2 aromatic carbocycles. The minimum absolute atomic E-state index is 0.126. The predicted octanol–water partition coefficient (Wildman–Crippen LogP) is 3.16. The third-order valence-electron chi connectivity index (χ3n) is 3.08. The van der Waals surface area contributed by atoms with Crippen LogP contribution in [0.3, 0.4) is 0 Å². The molecule has 112 valence electrons. The molecule has 0 aliphatic heterocycles. The first-order chi connectivity index (χ1) is 9.85. The molecule has 0 aromatic heterocycles. The lowest BCUT2D eigenvalue weighted by molar-refractivity contribution is 0.600. The number of halogens is 2. The zero-order valence-corrected chi connectivity index (χ0v) is 13.6. The molecule has 3 N–H and O–H groups in total. The van der Waals surface area contributed by atoms with Crippen molar-refractivity contribution in [2.24, 2.45) is 5.73 Å². The van der Waals surface area contributed by atoms with E-state index in [0.717, 1.165) is 11.6 Å². The summed E-state index contributed by atoms with van der Waals surface area (Å²) in [6, 6.07) is 8.68. The summed E-state index contributed by atoms with van der Waals surface area (Å²) in [5.74, 6) is -0.525. The molecule has 0 heterocycles. The number of sulfonamides is 1. The zero-order chi connectivity index (χ0) is 15.6. The Balaban J connectivity index is 2.46. The lowest BCUT2D eigenvalue weighted by Crippen LogP contribution is -2.16. The van der Waals surface area contributed by atoms with Crippen LogP contribution in [0, 0.1) is 12.7 Å². The normalized spacial score (nSPS) is 11.4. The van der Waals surface area contributed by atoms with E-state index in [9.17, 15) is 12.8 Å². The van der Waals surface area contributed by atoms with E-state index in [1.807, 2.05) is 0 Å². The van der Waals surface area contributed by atoms with Crippen LogP contribution in [0.15, 0.2) is 45.8 Å². The average molecular weight is 373 g/mol. The standard InChI is InChI=1S/C14H14BrFN2O2S/c1-9-10(8-17)3-2-4-14(9)21(19,20)18-13-7-11(16)5-6-12(13)15/h2-7,18H,8,17H2,1H3. The maximum atomic E-state index is 13.3. The summed E-state index contributed by atoms with van der Waals surface area (Å²) < 4.78 is 41.0. The van der Waals surface area contributed by atoms with Gasteiger partial charge in [-0.2, -0.15) is 0 Å². The van der Waals surface area contributed by atoms with Gasteiger partial charge in [0.1, 0.15) is 5.82 Å². The van der Waals surface area contributed by atoms with Crippen molar-refractivity contribution in [1.29, 1.82) is 0 Å². The van der Waals surface area contributed by atoms with Crippen molar-refractivity contribution in [3.8, 4) is 0 Å². The summed E-state index contributed by atoms with van der Waals surface area (Å²) in [5.41, 5.74) is 7.06. The molecular weight excluding hydrogens is 359 g/mol. The Morgan fingerprint density at radius 1 is 1.29 bits per heavy atom. The number of nitrogens with two attached hydrogens (primary N) is 1. The third-order valence-corrected chi connectivity index (χ3v) is 5.28. The maximum absolute atomic E-state index is 13.3. The van der Waals surface area contributed by atoms with E-state index in [1.54, 1.807) is 19.1 Å². The Kier molecular flexibility index (Phi) is 4.65. The number of benzene rings is 2. The van der Waals surface area contributed by atoms with E-state index in [0.29, 0.717) is 10.0 Å². The minimum Gasteiger partial charge on any atom is -0.326 e. The third kappa shape index (κ3) is 3.42. The Bertz CT molecular complexity index is 779. The van der Waals surface area contributed by atoms with E-state index < -0.39 is 15.8 Å². The van der Waals surface area contributed by atoms with Gasteiger partial charge in [0, 0.05) is 11.0 Å². The van der Waals surface area contributed by atoms with Crippen LogP contribution < -0.4 is 10.5 Å². The maximum Gasteiger partial charge on any atom is 0.262 e. The van der Waals surface area contributed by atoms with Crippen LogP contribution in [-0.4, -0.2) is 8.42 Å². The van der Waals surface area contributed by atoms with Crippen LogP contribution in [0.4, 0.5) is 10.1 Å². The van der Waals surface area contributed by atoms with Crippen LogP contribution in [0.1, 0.15) is 11.1 Å². The molecule has 0 saturated carbocycles. The Morgan fingerprint density at radius 3 is 2.67 bits per heavy atom. The minimum atomic E-state index is -3.82. The lowest BCUT2D eigenvalue weighted by atomic mass is 10.1. The topological polar surface area (TPSA) is 72.2 Å². The lowest BCUT2D eigenvalue weighted by Gasteiger charge is -2.13. The van der Waals surface area contributed by atoms with Crippen molar-refractivity contribution >= 4 is 31.6 Å². The van der Waals surface area contributed by atoms with Crippen molar-refractivity contribution in [3.05, 3.63) is 57.8 Å². The highest BCUT2D eigenvalue weighted by Gasteiger charge is 2.19. The number of rotatable bonds is 4. The molecule has 0 saturated heterocycles. The highest BCUT2D eigenvalue weighted by molar-refractivity contribution is 9.10. The van der Waals surface area contributed by atoms with Gasteiger partial charge in [0.05, 0.1) is 10.6 Å². The van der Waals surface area contributed by atoms with Crippen LogP contribution in [-0.2, 0) is 16.6 Å². The summed E-state index contributed by atoms with van der Waals surface area (Å²) in [5, 5.41) is 0. The van der Waals surface area contributed by atoms with Gasteiger partial charge in [-0.1, -0.05) is 12.1 Å². The fourth-order valence-corrected chi connectivity index (χ4v) is 3.78. The summed E-state index contributed by atoms with van der Waals surface area (Å²) in [4.78, 5) is 0.126. The smallest absolute Gasteiger partial charge is 0.262 e. The SMILES string of the molecule is Cc1c(CN)cccc1S(=O)(=O)Nc1cc(F)ccc1Br. The number of hydrogen-bond acceptors (Lipinski definition) is 3. The first kappa shape index (κ1) is 15.9. The van der Waals surface area contributed by atoms with Gasteiger partial charge in [0.2, 0.25) is 0 Å². The van der Waals surface area contributed by atoms with E-state index in [2.05, 4.69) is 20.7 Å². The van der Waals surface area contributed by atoms with Gasteiger partial charge in [-0.25, -0.2) is 12.8 Å². The first-order valence-corrected chi connectivity index (χ1v) is 8.39. The molecule has 0 aliphatic carbocycles. The second kappa shape index (κ2) is 6.13. The van der Waals surface area contributed by atoms with Gasteiger partial charge in [-0.15, -0.1) is 0 Å². The van der Waals surface area contributed by atoms with E-state index in [4.69, 9.17) is 5.73 Å². The molecular formula is C14H14BrFN2O2S. The highest BCUT2D eigenvalue weighted by atomic mass is 79.9. The van der Waals surface area contributed by atoms with Gasteiger partial charge in [0.25, 0.3) is 10.0 Å². The summed E-state index contributed by atoms with van der Waals surface area (Å²) in [6.45, 7) is 1.94. The number of anilines is 1. The molecule has 0 radical (unpaired) electrons.